The van der Waals surface area contributed by atoms with E-state index in [1.165, 1.54) is 11.1 Å². The predicted molar refractivity (Wildman–Crippen MR) is 65.8 cm³/mol. The van der Waals surface area contributed by atoms with Gasteiger partial charge in [0.1, 0.15) is 5.82 Å². The molecule has 0 unspecified atom stereocenters. The van der Waals surface area contributed by atoms with E-state index in [1.54, 1.807) is 17.5 Å². The second-order valence-electron chi connectivity index (χ2n) is 3.82. The maximum Gasteiger partial charge on any atom is 0.177 e. The van der Waals surface area contributed by atoms with Crippen molar-refractivity contribution in [2.75, 3.05) is 0 Å². The molecule has 0 fully saturated rings. The number of nitrogens with one attached hydrogen (secondary N) is 1. The molecular formula is C12H11N3S. The number of hydrogen-bond acceptors (Lipinski definition) is 3. The Morgan fingerprint density at radius 1 is 1.38 bits per heavy atom. The second kappa shape index (κ2) is 3.72. The Bertz CT molecular complexity index is 610. The zero-order chi connectivity index (χ0) is 11.0. The highest BCUT2D eigenvalue weighted by atomic mass is 32.1. The number of fused-ring (bicyclic) bond motifs is 1. The number of H-pyrrole nitrogens is 1. The molecule has 0 radical (unpaired) electrons. The normalized spacial score (nSPS) is 11.1. The third kappa shape index (κ3) is 1.61. The number of imidazole rings is 1. The molecule has 3 rings (SSSR count). The minimum Gasteiger partial charge on any atom is -0.340 e. The second-order valence-corrected chi connectivity index (χ2v) is 4.60. The van der Waals surface area contributed by atoms with Crippen LogP contribution in [0, 0.1) is 6.92 Å². The maximum absolute atomic E-state index is 4.49. The summed E-state index contributed by atoms with van der Waals surface area (Å²) < 4.78 is 0. The van der Waals surface area contributed by atoms with Crippen molar-refractivity contribution in [1.82, 2.24) is 15.0 Å². The van der Waals surface area contributed by atoms with E-state index < -0.39 is 0 Å². The van der Waals surface area contributed by atoms with Crippen LogP contribution in [0.3, 0.4) is 0 Å². The molecule has 0 aliphatic heterocycles. The molecule has 3 aromatic rings. The molecule has 3 nitrogen and oxygen atoms in total. The highest BCUT2D eigenvalue weighted by molar-refractivity contribution is 7.07. The largest absolute Gasteiger partial charge is 0.340 e. The molecule has 0 aromatic carbocycles. The summed E-state index contributed by atoms with van der Waals surface area (Å²) in [7, 11) is 0. The molecular weight excluding hydrogens is 218 g/mol. The molecule has 0 spiro atoms. The third-order valence-electron chi connectivity index (χ3n) is 2.60. The maximum atomic E-state index is 4.49. The van der Waals surface area contributed by atoms with Gasteiger partial charge < -0.3 is 4.98 Å². The first kappa shape index (κ1) is 9.54. The molecule has 0 bridgehead atoms. The Kier molecular flexibility index (Phi) is 2.22. The van der Waals surface area contributed by atoms with E-state index in [0.717, 1.165) is 23.4 Å². The van der Waals surface area contributed by atoms with E-state index >= 15 is 0 Å². The molecule has 3 heterocycles. The van der Waals surface area contributed by atoms with Gasteiger partial charge in [-0.25, -0.2) is 9.97 Å². The van der Waals surface area contributed by atoms with Crippen LogP contribution >= 0.6 is 11.3 Å². The number of rotatable bonds is 2. The van der Waals surface area contributed by atoms with Gasteiger partial charge in [0.25, 0.3) is 0 Å². The zero-order valence-corrected chi connectivity index (χ0v) is 9.71. The van der Waals surface area contributed by atoms with Crippen molar-refractivity contribution in [2.45, 2.75) is 13.3 Å². The quantitative estimate of drug-likeness (QED) is 0.734. The van der Waals surface area contributed by atoms with Gasteiger partial charge in [-0.1, -0.05) is 0 Å². The summed E-state index contributed by atoms with van der Waals surface area (Å²) >= 11 is 1.71. The molecule has 0 aliphatic carbocycles. The average Bonchev–Trinajstić information content (AvgIpc) is 2.88. The van der Waals surface area contributed by atoms with Gasteiger partial charge in [0.15, 0.2) is 5.65 Å². The van der Waals surface area contributed by atoms with Crippen molar-refractivity contribution in [2.24, 2.45) is 0 Å². The molecule has 4 heteroatoms. The first-order valence-corrected chi connectivity index (χ1v) is 6.08. The van der Waals surface area contributed by atoms with Crippen LogP contribution in [0.15, 0.2) is 29.1 Å². The van der Waals surface area contributed by atoms with Crippen LogP contribution in [0.2, 0.25) is 0 Å². The van der Waals surface area contributed by atoms with Crippen molar-refractivity contribution in [3.05, 3.63) is 46.0 Å². The Balaban J connectivity index is 2.02. The molecule has 0 saturated heterocycles. The number of pyridine rings is 1. The summed E-state index contributed by atoms with van der Waals surface area (Å²) in [5.41, 5.74) is 4.34. The lowest BCUT2D eigenvalue weighted by Crippen LogP contribution is -1.87. The first-order valence-electron chi connectivity index (χ1n) is 5.14. The Morgan fingerprint density at radius 2 is 2.31 bits per heavy atom. The summed E-state index contributed by atoms with van der Waals surface area (Å²) in [5.74, 6) is 0.982. The molecule has 1 N–H and O–H groups in total. The molecule has 3 aromatic heterocycles. The smallest absolute Gasteiger partial charge is 0.177 e. The van der Waals surface area contributed by atoms with E-state index in [0.29, 0.717) is 0 Å². The van der Waals surface area contributed by atoms with Crippen LogP contribution in [-0.2, 0) is 6.42 Å². The van der Waals surface area contributed by atoms with E-state index in [1.807, 2.05) is 6.07 Å². The van der Waals surface area contributed by atoms with E-state index in [4.69, 9.17) is 0 Å². The molecule has 0 saturated carbocycles. The predicted octanol–water partition coefficient (Wildman–Crippen LogP) is 2.92. The van der Waals surface area contributed by atoms with Crippen LogP contribution in [0.5, 0.6) is 0 Å². The van der Waals surface area contributed by atoms with Crippen molar-refractivity contribution in [1.29, 1.82) is 0 Å². The van der Waals surface area contributed by atoms with E-state index in [9.17, 15) is 0 Å². The minimum absolute atomic E-state index is 0.810. The topological polar surface area (TPSA) is 41.6 Å². The van der Waals surface area contributed by atoms with E-state index in [-0.39, 0.29) is 0 Å². The van der Waals surface area contributed by atoms with Crippen molar-refractivity contribution in [3.63, 3.8) is 0 Å². The Labute approximate surface area is 97.2 Å². The van der Waals surface area contributed by atoms with E-state index in [2.05, 4.69) is 38.7 Å². The van der Waals surface area contributed by atoms with Gasteiger partial charge in [0, 0.05) is 12.6 Å². The van der Waals surface area contributed by atoms with Crippen molar-refractivity contribution in [3.8, 4) is 0 Å². The average molecular weight is 229 g/mol. The standard InChI is InChI=1S/C12H11N3S/c1-8-2-4-13-12-11(8)14-10(15-12)6-9-3-5-16-7-9/h2-5,7H,6H2,1H3,(H,13,14,15). The SMILES string of the molecule is Cc1ccnc2nc(Cc3ccsc3)[nH]c12. The van der Waals surface area contributed by atoms with Crippen molar-refractivity contribution >= 4 is 22.5 Å². The monoisotopic (exact) mass is 229 g/mol. The van der Waals surface area contributed by atoms with Crippen molar-refractivity contribution < 1.29 is 0 Å². The fourth-order valence-corrected chi connectivity index (χ4v) is 2.42. The summed E-state index contributed by atoms with van der Waals surface area (Å²) in [6.45, 7) is 2.07. The van der Waals surface area contributed by atoms with Gasteiger partial charge in [-0.15, -0.1) is 0 Å². The number of aryl methyl sites for hydroxylation is 1. The van der Waals surface area contributed by atoms with Crippen LogP contribution in [0.25, 0.3) is 11.2 Å². The Hall–Kier alpha value is -1.68. The zero-order valence-electron chi connectivity index (χ0n) is 8.90. The fourth-order valence-electron chi connectivity index (χ4n) is 1.75. The van der Waals surface area contributed by atoms with Crippen LogP contribution in [-0.4, -0.2) is 15.0 Å². The molecule has 80 valence electrons. The van der Waals surface area contributed by atoms with Gasteiger partial charge >= 0.3 is 0 Å². The highest BCUT2D eigenvalue weighted by Gasteiger charge is 2.06. The first-order chi connectivity index (χ1) is 7.83. The van der Waals surface area contributed by atoms with Gasteiger partial charge in [0.2, 0.25) is 0 Å². The molecule has 0 amide bonds. The van der Waals surface area contributed by atoms with Crippen LogP contribution in [0.1, 0.15) is 17.0 Å². The molecule has 0 atom stereocenters. The number of nitrogens with zero attached hydrogens (tertiary/aromatic N) is 2. The highest BCUT2D eigenvalue weighted by Crippen LogP contribution is 2.16. The van der Waals surface area contributed by atoms with Crippen LogP contribution in [0.4, 0.5) is 0 Å². The Morgan fingerprint density at radius 3 is 3.06 bits per heavy atom. The minimum atomic E-state index is 0.810. The lowest BCUT2D eigenvalue weighted by molar-refractivity contribution is 1.04. The molecule has 0 aliphatic rings. The van der Waals surface area contributed by atoms with Gasteiger partial charge in [0.05, 0.1) is 5.52 Å². The fraction of sp³-hybridized carbons (Fsp3) is 0.167. The third-order valence-corrected chi connectivity index (χ3v) is 3.33. The van der Waals surface area contributed by atoms with Crippen LogP contribution < -0.4 is 0 Å². The summed E-state index contributed by atoms with van der Waals surface area (Å²) in [5, 5.41) is 4.23. The number of aromatic amines is 1. The van der Waals surface area contributed by atoms with Gasteiger partial charge in [-0.05, 0) is 40.9 Å². The summed E-state index contributed by atoms with van der Waals surface area (Å²) in [4.78, 5) is 12.1. The lowest BCUT2D eigenvalue weighted by Gasteiger charge is -1.92. The number of thiophene rings is 1. The lowest BCUT2D eigenvalue weighted by atomic mass is 10.2. The number of hydrogen-bond donors (Lipinski definition) is 1. The number of aromatic nitrogens is 3. The summed E-state index contributed by atoms with van der Waals surface area (Å²) in [6, 6.07) is 4.12. The molecule has 16 heavy (non-hydrogen) atoms. The van der Waals surface area contributed by atoms with Gasteiger partial charge in [-0.2, -0.15) is 11.3 Å². The summed E-state index contributed by atoms with van der Waals surface area (Å²) in [6.07, 6.45) is 2.65. The van der Waals surface area contributed by atoms with Gasteiger partial charge in [-0.3, -0.25) is 0 Å².